The van der Waals surface area contributed by atoms with E-state index in [0.717, 1.165) is 18.7 Å². The molecule has 3 aromatic rings. The van der Waals surface area contributed by atoms with E-state index in [4.69, 9.17) is 14.0 Å². The maximum Gasteiger partial charge on any atom is 0.228 e. The van der Waals surface area contributed by atoms with Crippen molar-refractivity contribution in [2.24, 2.45) is 0 Å². The van der Waals surface area contributed by atoms with Crippen molar-refractivity contribution < 1.29 is 14.0 Å². The van der Waals surface area contributed by atoms with Crippen LogP contribution < -0.4 is 14.8 Å². The molecule has 0 aliphatic heterocycles. The summed E-state index contributed by atoms with van der Waals surface area (Å²) in [6.07, 6.45) is 0.668. The Hall–Kier alpha value is -2.86. The number of aromatic nitrogens is 2. The van der Waals surface area contributed by atoms with Crippen molar-refractivity contribution in [1.82, 2.24) is 15.5 Å². The van der Waals surface area contributed by atoms with Crippen LogP contribution >= 0.6 is 0 Å². The van der Waals surface area contributed by atoms with Gasteiger partial charge in [-0.1, -0.05) is 35.5 Å². The van der Waals surface area contributed by atoms with Crippen LogP contribution in [-0.2, 0) is 13.0 Å². The zero-order valence-corrected chi connectivity index (χ0v) is 14.4. The summed E-state index contributed by atoms with van der Waals surface area (Å²) in [5.41, 5.74) is 2.04. The predicted octanol–water partition coefficient (Wildman–Crippen LogP) is 3.09. The average molecular weight is 339 g/mol. The van der Waals surface area contributed by atoms with Gasteiger partial charge in [0, 0.05) is 31.1 Å². The molecule has 1 aromatic heterocycles. The second-order valence-electron chi connectivity index (χ2n) is 5.53. The fourth-order valence-corrected chi connectivity index (χ4v) is 2.43. The smallest absolute Gasteiger partial charge is 0.228 e. The van der Waals surface area contributed by atoms with Crippen molar-refractivity contribution >= 4 is 0 Å². The van der Waals surface area contributed by atoms with Gasteiger partial charge in [0.05, 0.1) is 14.2 Å². The minimum absolute atomic E-state index is 0.523. The summed E-state index contributed by atoms with van der Waals surface area (Å²) >= 11 is 0. The molecule has 130 valence electrons. The highest BCUT2D eigenvalue weighted by Crippen LogP contribution is 2.28. The molecule has 0 atom stereocenters. The van der Waals surface area contributed by atoms with Crippen LogP contribution in [0.3, 0.4) is 0 Å². The molecule has 0 radical (unpaired) electrons. The lowest BCUT2D eigenvalue weighted by molar-refractivity contribution is 0.376. The Morgan fingerprint density at radius 1 is 1.00 bits per heavy atom. The first kappa shape index (κ1) is 17.0. The molecule has 6 nitrogen and oxygen atoms in total. The van der Waals surface area contributed by atoms with Crippen molar-refractivity contribution in [1.29, 1.82) is 0 Å². The summed E-state index contributed by atoms with van der Waals surface area (Å²) in [5.74, 6) is 2.49. The molecular formula is C19H21N3O3. The standard InChI is InChI=1S/C19H21N3O3/c1-23-16-10-15(11-17(12-16)24-2)19-21-18(25-22-19)8-9-20-13-14-6-4-3-5-7-14/h3-7,10-12,20H,8-9,13H2,1-2H3. The largest absolute Gasteiger partial charge is 0.497 e. The third-order valence-electron chi connectivity index (χ3n) is 3.77. The molecule has 0 aliphatic rings. The van der Waals surface area contributed by atoms with Crippen LogP contribution in [0.2, 0.25) is 0 Å². The number of hydrogen-bond donors (Lipinski definition) is 1. The summed E-state index contributed by atoms with van der Waals surface area (Å²) in [7, 11) is 3.22. The number of hydrogen-bond acceptors (Lipinski definition) is 6. The van der Waals surface area contributed by atoms with E-state index in [0.29, 0.717) is 29.6 Å². The van der Waals surface area contributed by atoms with Gasteiger partial charge in [0.15, 0.2) is 0 Å². The Bertz CT molecular complexity index is 780. The Balaban J connectivity index is 1.59. The SMILES string of the molecule is COc1cc(OC)cc(-c2noc(CCNCc3ccccc3)n2)c1. The molecule has 0 saturated carbocycles. The summed E-state index contributed by atoms with van der Waals surface area (Å²) in [6, 6.07) is 15.8. The van der Waals surface area contributed by atoms with Crippen molar-refractivity contribution in [3.05, 3.63) is 60.0 Å². The third kappa shape index (κ3) is 4.58. The first-order valence-electron chi connectivity index (χ1n) is 8.09. The lowest BCUT2D eigenvalue weighted by Gasteiger charge is -2.05. The van der Waals surface area contributed by atoms with Gasteiger partial charge in [0.1, 0.15) is 11.5 Å². The molecule has 0 aliphatic carbocycles. The third-order valence-corrected chi connectivity index (χ3v) is 3.77. The Kier molecular flexibility index (Phi) is 5.64. The molecule has 6 heteroatoms. The van der Waals surface area contributed by atoms with E-state index >= 15 is 0 Å². The summed E-state index contributed by atoms with van der Waals surface area (Å²) in [5, 5.41) is 7.42. The Labute approximate surface area is 146 Å². The molecule has 3 rings (SSSR count). The second kappa shape index (κ2) is 8.30. The number of methoxy groups -OCH3 is 2. The molecule has 0 saturated heterocycles. The van der Waals surface area contributed by atoms with E-state index in [2.05, 4.69) is 27.6 Å². The molecular weight excluding hydrogens is 318 g/mol. The van der Waals surface area contributed by atoms with Gasteiger partial charge in [0.2, 0.25) is 11.7 Å². The number of rotatable bonds is 8. The highest BCUT2D eigenvalue weighted by molar-refractivity contribution is 5.60. The van der Waals surface area contributed by atoms with Gasteiger partial charge in [-0.3, -0.25) is 0 Å². The normalized spacial score (nSPS) is 10.6. The Morgan fingerprint density at radius 3 is 2.40 bits per heavy atom. The number of nitrogens with one attached hydrogen (secondary N) is 1. The van der Waals surface area contributed by atoms with Crippen LogP contribution in [0, 0.1) is 0 Å². The van der Waals surface area contributed by atoms with Crippen molar-refractivity contribution in [2.75, 3.05) is 20.8 Å². The van der Waals surface area contributed by atoms with Crippen molar-refractivity contribution in [3.8, 4) is 22.9 Å². The van der Waals surface area contributed by atoms with Crippen LogP contribution in [0.25, 0.3) is 11.4 Å². The summed E-state index contributed by atoms with van der Waals surface area (Å²) in [6.45, 7) is 1.58. The average Bonchev–Trinajstić information content (AvgIpc) is 3.14. The minimum Gasteiger partial charge on any atom is -0.497 e. The number of ether oxygens (including phenoxy) is 2. The van der Waals surface area contributed by atoms with Crippen LogP contribution in [0.5, 0.6) is 11.5 Å². The lowest BCUT2D eigenvalue weighted by Crippen LogP contribution is -2.16. The summed E-state index contributed by atoms with van der Waals surface area (Å²) < 4.78 is 15.9. The molecule has 25 heavy (non-hydrogen) atoms. The quantitative estimate of drug-likeness (QED) is 0.636. The van der Waals surface area contributed by atoms with Gasteiger partial charge in [-0.25, -0.2) is 0 Å². The predicted molar refractivity (Wildman–Crippen MR) is 94.7 cm³/mol. The molecule has 0 bridgehead atoms. The zero-order valence-electron chi connectivity index (χ0n) is 14.4. The molecule has 0 spiro atoms. The van der Waals surface area contributed by atoms with E-state index in [1.807, 2.05) is 30.3 Å². The molecule has 0 unspecified atom stereocenters. The van der Waals surface area contributed by atoms with Crippen LogP contribution in [-0.4, -0.2) is 30.9 Å². The molecule has 1 N–H and O–H groups in total. The van der Waals surface area contributed by atoms with E-state index in [-0.39, 0.29) is 0 Å². The molecule has 0 amide bonds. The second-order valence-corrected chi connectivity index (χ2v) is 5.53. The van der Waals surface area contributed by atoms with Gasteiger partial charge < -0.3 is 19.3 Å². The number of benzene rings is 2. The van der Waals surface area contributed by atoms with Gasteiger partial charge in [0.25, 0.3) is 0 Å². The van der Waals surface area contributed by atoms with Crippen LogP contribution in [0.1, 0.15) is 11.5 Å². The first-order valence-corrected chi connectivity index (χ1v) is 8.09. The number of nitrogens with zero attached hydrogens (tertiary/aromatic N) is 2. The fourth-order valence-electron chi connectivity index (χ4n) is 2.43. The highest BCUT2D eigenvalue weighted by Gasteiger charge is 2.11. The fraction of sp³-hybridized carbons (Fsp3) is 0.263. The lowest BCUT2D eigenvalue weighted by atomic mass is 10.2. The highest BCUT2D eigenvalue weighted by atomic mass is 16.5. The van der Waals surface area contributed by atoms with Gasteiger partial charge in [-0.05, 0) is 17.7 Å². The first-order chi connectivity index (χ1) is 12.3. The molecule has 2 aromatic carbocycles. The van der Waals surface area contributed by atoms with E-state index < -0.39 is 0 Å². The molecule has 0 fully saturated rings. The van der Waals surface area contributed by atoms with Gasteiger partial charge in [-0.2, -0.15) is 4.98 Å². The maximum atomic E-state index is 5.34. The summed E-state index contributed by atoms with van der Waals surface area (Å²) in [4.78, 5) is 4.45. The zero-order chi connectivity index (χ0) is 17.5. The molecule has 1 heterocycles. The van der Waals surface area contributed by atoms with Gasteiger partial charge >= 0.3 is 0 Å². The van der Waals surface area contributed by atoms with Crippen molar-refractivity contribution in [2.45, 2.75) is 13.0 Å². The topological polar surface area (TPSA) is 69.4 Å². The van der Waals surface area contributed by atoms with E-state index in [9.17, 15) is 0 Å². The monoisotopic (exact) mass is 339 g/mol. The van der Waals surface area contributed by atoms with Gasteiger partial charge in [-0.15, -0.1) is 0 Å². The Morgan fingerprint density at radius 2 is 1.72 bits per heavy atom. The van der Waals surface area contributed by atoms with Crippen molar-refractivity contribution in [3.63, 3.8) is 0 Å². The maximum absolute atomic E-state index is 5.34. The minimum atomic E-state index is 0.523. The van der Waals surface area contributed by atoms with E-state index in [1.54, 1.807) is 20.3 Å². The van der Waals surface area contributed by atoms with Crippen LogP contribution in [0.4, 0.5) is 0 Å². The van der Waals surface area contributed by atoms with Crippen LogP contribution in [0.15, 0.2) is 53.1 Å². The van der Waals surface area contributed by atoms with E-state index in [1.165, 1.54) is 5.56 Å².